The Labute approximate surface area is 192 Å². The second-order valence-electron chi connectivity index (χ2n) is 7.14. The van der Waals surface area contributed by atoms with Crippen LogP contribution in [0.15, 0.2) is 11.6 Å². The molecule has 0 aliphatic carbocycles. The molecule has 0 heterocycles. The molecule has 0 aliphatic heterocycles. The van der Waals surface area contributed by atoms with Gasteiger partial charge in [0.1, 0.15) is 0 Å². The van der Waals surface area contributed by atoms with Gasteiger partial charge in [-0.3, -0.25) is 33.8 Å². The van der Waals surface area contributed by atoms with E-state index < -0.39 is 29.8 Å². The fourth-order valence-corrected chi connectivity index (χ4v) is 3.03. The Morgan fingerprint density at radius 2 is 1.21 bits per heavy atom. The number of ether oxygens (including phenoxy) is 2. The van der Waals surface area contributed by atoms with Crippen LogP contribution < -0.4 is 0 Å². The first-order valence-corrected chi connectivity index (χ1v) is 10.7. The summed E-state index contributed by atoms with van der Waals surface area (Å²) in [4.78, 5) is 59.3. The third-order valence-corrected chi connectivity index (χ3v) is 4.26. The monoisotopic (exact) mass is 474 g/mol. The smallest absolute Gasteiger partial charge is 0.320 e. The Morgan fingerprint density at radius 3 is 1.64 bits per heavy atom. The van der Waals surface area contributed by atoms with Gasteiger partial charge in [0.25, 0.3) is 0 Å². The van der Waals surface area contributed by atoms with Crippen LogP contribution in [-0.2, 0) is 33.4 Å². The number of carboxylic acid groups (broad SMARTS) is 3. The van der Waals surface area contributed by atoms with Crippen molar-refractivity contribution in [2.24, 2.45) is 0 Å². The van der Waals surface area contributed by atoms with E-state index in [1.807, 2.05) is 0 Å². The van der Waals surface area contributed by atoms with Crippen molar-refractivity contribution in [3.63, 3.8) is 0 Å². The Kier molecular flexibility index (Phi) is 16.0. The van der Waals surface area contributed by atoms with Crippen LogP contribution in [-0.4, -0.2) is 107 Å². The van der Waals surface area contributed by atoms with Gasteiger partial charge < -0.3 is 24.8 Å². The largest absolute Gasteiger partial charge is 0.481 e. The molecule has 188 valence electrons. The maximum absolute atomic E-state index is 11.7. The van der Waals surface area contributed by atoms with Crippen molar-refractivity contribution >= 4 is 29.8 Å². The first kappa shape index (κ1) is 30.0. The van der Waals surface area contributed by atoms with E-state index in [-0.39, 0.29) is 58.9 Å². The number of hydrogen-bond donors (Lipinski definition) is 3. The van der Waals surface area contributed by atoms with E-state index in [0.29, 0.717) is 24.8 Å². The molecular weight excluding hydrogens is 440 g/mol. The fourth-order valence-electron chi connectivity index (χ4n) is 3.03. The van der Waals surface area contributed by atoms with E-state index >= 15 is 0 Å². The molecule has 0 aromatic rings. The van der Waals surface area contributed by atoms with Crippen LogP contribution >= 0.6 is 0 Å². The second kappa shape index (κ2) is 17.6. The highest BCUT2D eigenvalue weighted by atomic mass is 16.5. The summed E-state index contributed by atoms with van der Waals surface area (Å²) in [6.45, 7) is 3.01. The van der Waals surface area contributed by atoms with E-state index in [1.165, 1.54) is 9.80 Å². The summed E-state index contributed by atoms with van der Waals surface area (Å²) >= 11 is 0. The molecule has 12 heteroatoms. The van der Waals surface area contributed by atoms with E-state index in [9.17, 15) is 24.0 Å². The number of hydrogen-bond acceptors (Lipinski definition) is 9. The molecule has 0 saturated heterocycles. The number of nitrogens with zero attached hydrogens (tertiary/aromatic N) is 2. The number of carbonyl (C=O) groups excluding carboxylic acids is 2. The maximum Gasteiger partial charge on any atom is 0.320 e. The summed E-state index contributed by atoms with van der Waals surface area (Å²) in [5, 5.41) is 27.2. The third kappa shape index (κ3) is 17.3. The molecule has 0 bridgehead atoms. The molecule has 0 aliphatic rings. The topological polar surface area (TPSA) is 171 Å². The molecule has 0 saturated carbocycles. The van der Waals surface area contributed by atoms with Gasteiger partial charge in [0.05, 0.1) is 45.8 Å². The van der Waals surface area contributed by atoms with Gasteiger partial charge in [-0.05, 0) is 39.7 Å². The molecule has 0 atom stereocenters. The van der Waals surface area contributed by atoms with Crippen LogP contribution in [0.2, 0.25) is 0 Å². The van der Waals surface area contributed by atoms with Gasteiger partial charge in [-0.2, -0.15) is 0 Å². The Hall–Kier alpha value is -2.99. The van der Waals surface area contributed by atoms with E-state index in [1.54, 1.807) is 19.9 Å². The van der Waals surface area contributed by atoms with Crippen LogP contribution in [0.5, 0.6) is 0 Å². The van der Waals surface area contributed by atoms with Crippen molar-refractivity contribution in [3.05, 3.63) is 11.6 Å². The van der Waals surface area contributed by atoms with Crippen molar-refractivity contribution in [1.29, 1.82) is 0 Å². The molecule has 0 rings (SSSR count). The Balaban J connectivity index is 4.95. The summed E-state index contributed by atoms with van der Waals surface area (Å²) in [7, 11) is 0. The molecule has 0 aromatic carbocycles. The zero-order valence-corrected chi connectivity index (χ0v) is 19.2. The quantitative estimate of drug-likeness (QED) is 0.175. The summed E-state index contributed by atoms with van der Waals surface area (Å²) in [5.74, 6) is -4.33. The predicted octanol–water partition coefficient (Wildman–Crippen LogP) is 0.457. The zero-order chi connectivity index (χ0) is 25.2. The van der Waals surface area contributed by atoms with Crippen LogP contribution in [0.3, 0.4) is 0 Å². The Bertz CT molecular complexity index is 693. The van der Waals surface area contributed by atoms with E-state index in [0.717, 1.165) is 0 Å². The van der Waals surface area contributed by atoms with E-state index in [4.69, 9.17) is 24.8 Å². The lowest BCUT2D eigenvalue weighted by molar-refractivity contribution is -0.147. The summed E-state index contributed by atoms with van der Waals surface area (Å²) in [6.07, 6.45) is 2.53. The van der Waals surface area contributed by atoms with Gasteiger partial charge in [-0.1, -0.05) is 11.6 Å². The molecule has 0 fully saturated rings. The van der Waals surface area contributed by atoms with E-state index in [2.05, 4.69) is 0 Å². The Morgan fingerprint density at radius 1 is 0.727 bits per heavy atom. The highest BCUT2D eigenvalue weighted by Crippen LogP contribution is 2.13. The average Bonchev–Trinajstić information content (AvgIpc) is 2.66. The first-order chi connectivity index (χ1) is 15.6. The molecule has 0 aromatic heterocycles. The molecule has 0 spiro atoms. The predicted molar refractivity (Wildman–Crippen MR) is 116 cm³/mol. The fraction of sp³-hybridized carbons (Fsp3) is 0.667. The zero-order valence-electron chi connectivity index (χ0n) is 19.2. The van der Waals surface area contributed by atoms with Gasteiger partial charge >= 0.3 is 29.8 Å². The third-order valence-electron chi connectivity index (χ3n) is 4.26. The van der Waals surface area contributed by atoms with Crippen molar-refractivity contribution < 1.29 is 48.8 Å². The molecule has 0 amide bonds. The number of carboxylic acids is 3. The van der Waals surface area contributed by atoms with Gasteiger partial charge in [0.15, 0.2) is 0 Å². The molecule has 33 heavy (non-hydrogen) atoms. The van der Waals surface area contributed by atoms with Crippen molar-refractivity contribution in [3.8, 4) is 0 Å². The molecule has 0 unspecified atom stereocenters. The summed E-state index contributed by atoms with van der Waals surface area (Å²) in [6, 6.07) is 0. The second-order valence-corrected chi connectivity index (χ2v) is 7.14. The highest BCUT2D eigenvalue weighted by Gasteiger charge is 2.16. The van der Waals surface area contributed by atoms with Gasteiger partial charge in [-0.25, -0.2) is 0 Å². The highest BCUT2D eigenvalue weighted by molar-refractivity contribution is 5.74. The van der Waals surface area contributed by atoms with Crippen LogP contribution in [0.25, 0.3) is 0 Å². The molecule has 3 N–H and O–H groups in total. The van der Waals surface area contributed by atoms with Crippen LogP contribution in [0.4, 0.5) is 0 Å². The number of rotatable bonds is 19. The van der Waals surface area contributed by atoms with Crippen LogP contribution in [0, 0.1) is 0 Å². The van der Waals surface area contributed by atoms with Crippen molar-refractivity contribution in [2.45, 2.75) is 39.5 Å². The van der Waals surface area contributed by atoms with Crippen molar-refractivity contribution in [2.75, 3.05) is 52.5 Å². The molecule has 0 radical (unpaired) electrons. The van der Waals surface area contributed by atoms with Crippen LogP contribution in [0.1, 0.15) is 39.5 Å². The SMILES string of the molecule is CCOC(=O)CN(CCC=C(CCCN(CC(=O)O)CC(=O)OCC)CC(=O)O)CC(=O)O. The van der Waals surface area contributed by atoms with Gasteiger partial charge in [0.2, 0.25) is 0 Å². The minimum Gasteiger partial charge on any atom is -0.481 e. The number of esters is 2. The first-order valence-electron chi connectivity index (χ1n) is 10.7. The normalized spacial score (nSPS) is 11.5. The lowest BCUT2D eigenvalue weighted by Gasteiger charge is -2.20. The lowest BCUT2D eigenvalue weighted by atomic mass is 10.0. The van der Waals surface area contributed by atoms with Gasteiger partial charge in [0, 0.05) is 6.54 Å². The number of aliphatic carboxylic acids is 3. The standard InChI is InChI=1S/C21H34N2O10/c1-3-32-20(30)14-22(12-18(26)27)9-5-7-16(11-17(24)25)8-6-10-23(13-19(28)29)15-21(31)33-4-2/h7H,3-6,8-15H2,1-2H3,(H,24,25)(H,26,27)(H,28,29). The molecular formula is C21H34N2O10. The summed E-state index contributed by atoms with van der Waals surface area (Å²) in [5.41, 5.74) is 0.584. The summed E-state index contributed by atoms with van der Waals surface area (Å²) < 4.78 is 9.67. The minimum absolute atomic E-state index is 0.178. The average molecular weight is 475 g/mol. The number of carbonyl (C=O) groups is 5. The van der Waals surface area contributed by atoms with Gasteiger partial charge in [-0.15, -0.1) is 0 Å². The maximum atomic E-state index is 11.7. The molecule has 12 nitrogen and oxygen atoms in total. The lowest BCUT2D eigenvalue weighted by Crippen LogP contribution is -2.36. The minimum atomic E-state index is -1.10. The van der Waals surface area contributed by atoms with Crippen molar-refractivity contribution in [1.82, 2.24) is 9.80 Å².